The van der Waals surface area contributed by atoms with E-state index in [0.717, 1.165) is 11.4 Å². The maximum absolute atomic E-state index is 12.9. The zero-order chi connectivity index (χ0) is 27.6. The van der Waals surface area contributed by atoms with E-state index in [-0.39, 0.29) is 12.5 Å². The molecule has 4 rings (SSSR count). The van der Waals surface area contributed by atoms with Crippen LogP contribution in [0.1, 0.15) is 5.56 Å². The molecule has 3 aromatic rings. The Morgan fingerprint density at radius 3 is 2.33 bits per heavy atom. The molecular weight excluding hydrogens is 505 g/mol. The molecule has 0 saturated carbocycles. The molecule has 0 bridgehead atoms. The first-order valence-corrected chi connectivity index (χ1v) is 12.2. The molecule has 11 heteroatoms. The summed E-state index contributed by atoms with van der Waals surface area (Å²) in [4.78, 5) is 40.4. The predicted octanol–water partition coefficient (Wildman–Crippen LogP) is 2.65. The van der Waals surface area contributed by atoms with Gasteiger partial charge >= 0.3 is 11.8 Å². The van der Waals surface area contributed by atoms with Gasteiger partial charge in [-0.05, 0) is 66.2 Å². The number of para-hydroxylation sites is 2. The Hall–Kier alpha value is -4.93. The maximum Gasteiger partial charge on any atom is 0.329 e. The highest BCUT2D eigenvalue weighted by Gasteiger charge is 2.26. The van der Waals surface area contributed by atoms with Gasteiger partial charge in [0.05, 0.1) is 19.0 Å². The van der Waals surface area contributed by atoms with Crippen LogP contribution in [0.5, 0.6) is 11.5 Å². The fourth-order valence-electron chi connectivity index (χ4n) is 3.93. The van der Waals surface area contributed by atoms with Crippen molar-refractivity contribution in [3.63, 3.8) is 0 Å². The number of hydrogen-bond donors (Lipinski definition) is 2. The summed E-state index contributed by atoms with van der Waals surface area (Å²) in [7, 11) is 1.62. The second-order valence-electron chi connectivity index (χ2n) is 8.56. The van der Waals surface area contributed by atoms with Crippen LogP contribution in [0.2, 0.25) is 0 Å². The highest BCUT2D eigenvalue weighted by molar-refractivity contribution is 6.35. The van der Waals surface area contributed by atoms with Crippen LogP contribution in [0.4, 0.5) is 15.8 Å². The number of amides is 3. The van der Waals surface area contributed by atoms with Crippen molar-refractivity contribution in [1.29, 1.82) is 0 Å². The molecule has 0 radical (unpaired) electrons. The number of piperazine rings is 1. The first-order chi connectivity index (χ1) is 18.9. The lowest BCUT2D eigenvalue weighted by Crippen LogP contribution is -2.52. The van der Waals surface area contributed by atoms with Gasteiger partial charge in [-0.3, -0.25) is 14.4 Å². The van der Waals surface area contributed by atoms with Gasteiger partial charge in [0.15, 0.2) is 6.61 Å². The Morgan fingerprint density at radius 2 is 1.64 bits per heavy atom. The van der Waals surface area contributed by atoms with Crippen molar-refractivity contribution in [3.8, 4) is 11.5 Å². The van der Waals surface area contributed by atoms with Gasteiger partial charge in [-0.15, -0.1) is 0 Å². The van der Waals surface area contributed by atoms with E-state index in [4.69, 9.17) is 9.47 Å². The molecule has 1 aliphatic heterocycles. The average Bonchev–Trinajstić information content (AvgIpc) is 2.97. The minimum absolute atomic E-state index is 0.226. The molecule has 0 aromatic heterocycles. The third-order valence-electron chi connectivity index (χ3n) is 5.94. The van der Waals surface area contributed by atoms with Gasteiger partial charge in [0.2, 0.25) is 0 Å². The van der Waals surface area contributed by atoms with Crippen LogP contribution < -0.4 is 25.1 Å². The summed E-state index contributed by atoms with van der Waals surface area (Å²) in [5, 5.41) is 6.47. The van der Waals surface area contributed by atoms with Crippen molar-refractivity contribution in [2.24, 2.45) is 5.10 Å². The standard InChI is InChI=1S/C28H28FN5O5/c1-38-25-5-3-2-4-24(25)33-14-16-34(17-15-33)28(37)27(36)32-30-18-20-6-12-23(13-7-20)39-19-26(35)31-22-10-8-21(29)9-11-22/h2-13,18H,14-17,19H2,1H3,(H,31,35)(H,32,36)/b30-18-. The highest BCUT2D eigenvalue weighted by Crippen LogP contribution is 2.28. The molecule has 3 amide bonds. The summed E-state index contributed by atoms with van der Waals surface area (Å²) in [6.45, 7) is 1.72. The minimum atomic E-state index is -0.816. The number of anilines is 2. The largest absolute Gasteiger partial charge is 0.495 e. The zero-order valence-electron chi connectivity index (χ0n) is 21.3. The van der Waals surface area contributed by atoms with E-state index in [9.17, 15) is 18.8 Å². The maximum atomic E-state index is 12.9. The van der Waals surface area contributed by atoms with Crippen LogP contribution in [-0.4, -0.2) is 68.7 Å². The van der Waals surface area contributed by atoms with E-state index >= 15 is 0 Å². The second-order valence-corrected chi connectivity index (χ2v) is 8.56. The fourth-order valence-corrected chi connectivity index (χ4v) is 3.93. The monoisotopic (exact) mass is 533 g/mol. The third-order valence-corrected chi connectivity index (χ3v) is 5.94. The second kappa shape index (κ2) is 13.0. The van der Waals surface area contributed by atoms with Gasteiger partial charge in [-0.2, -0.15) is 5.10 Å². The van der Waals surface area contributed by atoms with Gasteiger partial charge in [0, 0.05) is 31.9 Å². The first kappa shape index (κ1) is 27.1. The Balaban J connectivity index is 1.19. The molecule has 1 saturated heterocycles. The number of carbonyl (C=O) groups excluding carboxylic acids is 3. The SMILES string of the molecule is COc1ccccc1N1CCN(C(=O)C(=O)N/N=C\c2ccc(OCC(=O)Nc3ccc(F)cc3)cc2)CC1. The van der Waals surface area contributed by atoms with E-state index in [1.54, 1.807) is 31.4 Å². The number of halogens is 1. The van der Waals surface area contributed by atoms with Crippen molar-refractivity contribution >= 4 is 35.3 Å². The molecule has 0 aliphatic carbocycles. The zero-order valence-corrected chi connectivity index (χ0v) is 21.3. The summed E-state index contributed by atoms with van der Waals surface area (Å²) in [6, 6.07) is 19.7. The summed E-state index contributed by atoms with van der Waals surface area (Å²) in [5.41, 5.74) is 4.33. The van der Waals surface area contributed by atoms with Crippen molar-refractivity contribution in [1.82, 2.24) is 10.3 Å². The van der Waals surface area contributed by atoms with Gasteiger partial charge in [0.25, 0.3) is 5.91 Å². The molecule has 202 valence electrons. The topological polar surface area (TPSA) is 113 Å². The van der Waals surface area contributed by atoms with E-state index in [1.807, 2.05) is 24.3 Å². The van der Waals surface area contributed by atoms with E-state index in [1.165, 1.54) is 35.4 Å². The number of ether oxygens (including phenoxy) is 2. The number of benzene rings is 3. The summed E-state index contributed by atoms with van der Waals surface area (Å²) >= 11 is 0. The fraction of sp³-hybridized carbons (Fsp3) is 0.214. The van der Waals surface area contributed by atoms with Gasteiger partial charge in [-0.25, -0.2) is 9.82 Å². The molecule has 0 unspecified atom stereocenters. The van der Waals surface area contributed by atoms with Crippen LogP contribution >= 0.6 is 0 Å². The Morgan fingerprint density at radius 1 is 0.949 bits per heavy atom. The quantitative estimate of drug-likeness (QED) is 0.262. The molecule has 39 heavy (non-hydrogen) atoms. The Bertz CT molecular complexity index is 1320. The lowest BCUT2D eigenvalue weighted by Gasteiger charge is -2.36. The predicted molar refractivity (Wildman–Crippen MR) is 144 cm³/mol. The number of nitrogens with one attached hydrogen (secondary N) is 2. The number of hydrazone groups is 1. The van der Waals surface area contributed by atoms with Gasteiger partial charge in [-0.1, -0.05) is 12.1 Å². The summed E-state index contributed by atoms with van der Waals surface area (Å²) in [5.74, 6) is -1.03. The van der Waals surface area contributed by atoms with E-state index < -0.39 is 17.6 Å². The van der Waals surface area contributed by atoms with Crippen molar-refractivity contribution in [2.75, 3.05) is 50.1 Å². The highest BCUT2D eigenvalue weighted by atomic mass is 19.1. The summed E-state index contributed by atoms with van der Waals surface area (Å²) < 4.78 is 23.8. The Kier molecular flexibility index (Phi) is 9.07. The van der Waals surface area contributed by atoms with Crippen LogP contribution in [0.15, 0.2) is 77.9 Å². The molecule has 3 aromatic carbocycles. The van der Waals surface area contributed by atoms with Crippen LogP contribution in [0, 0.1) is 5.82 Å². The number of methoxy groups -OCH3 is 1. The molecular formula is C28H28FN5O5. The molecule has 1 heterocycles. The molecule has 1 aliphatic rings. The van der Waals surface area contributed by atoms with Crippen molar-refractivity contribution in [2.45, 2.75) is 0 Å². The number of nitrogens with zero attached hydrogens (tertiary/aromatic N) is 3. The van der Waals surface area contributed by atoms with Crippen LogP contribution in [0.25, 0.3) is 0 Å². The normalized spacial score (nSPS) is 13.2. The minimum Gasteiger partial charge on any atom is -0.495 e. The van der Waals surface area contributed by atoms with Crippen LogP contribution in [0.3, 0.4) is 0 Å². The van der Waals surface area contributed by atoms with E-state index in [2.05, 4.69) is 20.7 Å². The third kappa shape index (κ3) is 7.54. The van der Waals surface area contributed by atoms with E-state index in [0.29, 0.717) is 43.2 Å². The number of carbonyl (C=O) groups is 3. The van der Waals surface area contributed by atoms with Gasteiger partial charge in [0.1, 0.15) is 17.3 Å². The molecule has 0 atom stereocenters. The number of hydrogen-bond acceptors (Lipinski definition) is 7. The Labute approximate surface area is 225 Å². The lowest BCUT2D eigenvalue weighted by molar-refractivity contribution is -0.146. The van der Waals surface area contributed by atoms with Gasteiger partial charge < -0.3 is 24.6 Å². The molecule has 1 fully saturated rings. The van der Waals surface area contributed by atoms with Crippen molar-refractivity contribution in [3.05, 3.63) is 84.2 Å². The smallest absolute Gasteiger partial charge is 0.329 e. The molecule has 2 N–H and O–H groups in total. The van der Waals surface area contributed by atoms with Crippen LogP contribution in [-0.2, 0) is 14.4 Å². The average molecular weight is 534 g/mol. The lowest BCUT2D eigenvalue weighted by atomic mass is 10.2. The number of rotatable bonds is 8. The van der Waals surface area contributed by atoms with Crippen molar-refractivity contribution < 1.29 is 28.2 Å². The first-order valence-electron chi connectivity index (χ1n) is 12.2. The summed E-state index contributed by atoms with van der Waals surface area (Å²) in [6.07, 6.45) is 1.40. The molecule has 0 spiro atoms. The molecule has 10 nitrogen and oxygen atoms in total.